The molecule has 0 saturated heterocycles. The van der Waals surface area contributed by atoms with Crippen molar-refractivity contribution in [1.29, 1.82) is 5.26 Å². The predicted octanol–water partition coefficient (Wildman–Crippen LogP) is 3.95. The number of carbonyl (C=O) groups is 1. The fraction of sp³-hybridized carbons (Fsp3) is 0.143. The Kier molecular flexibility index (Phi) is 5.04. The molecule has 3 rings (SSSR count). The molecule has 1 N–H and O–H groups in total. The number of nitrogens with one attached hydrogen (secondary N) is 1. The summed E-state index contributed by atoms with van der Waals surface area (Å²) in [7, 11) is 1.57. The summed E-state index contributed by atoms with van der Waals surface area (Å²) in [5, 5.41) is 12.1. The number of para-hydroxylation sites is 1. The molecule has 1 atom stereocenters. The van der Waals surface area contributed by atoms with Crippen molar-refractivity contribution >= 4 is 17.7 Å². The highest BCUT2D eigenvalue weighted by molar-refractivity contribution is 6.07. The molecule has 2 aromatic carbocycles. The molecule has 2 aromatic rings. The lowest BCUT2D eigenvalue weighted by Gasteiger charge is -2.23. The van der Waals surface area contributed by atoms with Gasteiger partial charge in [-0.1, -0.05) is 18.2 Å². The van der Waals surface area contributed by atoms with Crippen molar-refractivity contribution < 1.29 is 14.3 Å². The van der Waals surface area contributed by atoms with Gasteiger partial charge in [0.1, 0.15) is 29.2 Å². The fourth-order valence-corrected chi connectivity index (χ4v) is 2.61. The Labute approximate surface area is 152 Å². The Bertz CT molecular complexity index is 921. The lowest BCUT2D eigenvalue weighted by atomic mass is 10.0. The van der Waals surface area contributed by atoms with E-state index < -0.39 is 5.91 Å². The molecule has 130 valence electrons. The monoisotopic (exact) mass is 346 g/mol. The van der Waals surface area contributed by atoms with E-state index in [9.17, 15) is 10.1 Å². The van der Waals surface area contributed by atoms with Crippen molar-refractivity contribution in [2.45, 2.75) is 13.0 Å². The Hall–Kier alpha value is -3.52. The van der Waals surface area contributed by atoms with Crippen molar-refractivity contribution in [3.63, 3.8) is 0 Å². The Morgan fingerprint density at radius 3 is 2.65 bits per heavy atom. The highest BCUT2D eigenvalue weighted by atomic mass is 16.5. The van der Waals surface area contributed by atoms with Crippen LogP contribution in [0.25, 0.3) is 6.08 Å². The number of methoxy groups -OCH3 is 1. The number of benzene rings is 2. The summed E-state index contributed by atoms with van der Waals surface area (Å²) >= 11 is 0. The number of rotatable bonds is 4. The maximum Gasteiger partial charge on any atom is 0.266 e. The van der Waals surface area contributed by atoms with Gasteiger partial charge in [0, 0.05) is 11.3 Å². The van der Waals surface area contributed by atoms with Gasteiger partial charge >= 0.3 is 0 Å². The van der Waals surface area contributed by atoms with Gasteiger partial charge in [0.25, 0.3) is 5.91 Å². The van der Waals surface area contributed by atoms with Crippen LogP contribution >= 0.6 is 0 Å². The highest BCUT2D eigenvalue weighted by Gasteiger charge is 2.19. The van der Waals surface area contributed by atoms with E-state index in [1.54, 1.807) is 37.5 Å². The lowest BCUT2D eigenvalue weighted by Crippen LogP contribution is -2.20. The van der Waals surface area contributed by atoms with Crippen LogP contribution in [0.3, 0.4) is 0 Å². The van der Waals surface area contributed by atoms with Crippen LogP contribution in [-0.2, 0) is 4.79 Å². The van der Waals surface area contributed by atoms with E-state index >= 15 is 0 Å². The minimum atomic E-state index is -0.468. The second kappa shape index (κ2) is 7.58. The van der Waals surface area contributed by atoms with Crippen LogP contribution < -0.4 is 14.8 Å². The third-order valence-electron chi connectivity index (χ3n) is 4.04. The van der Waals surface area contributed by atoms with Crippen molar-refractivity contribution in [2.24, 2.45) is 0 Å². The topological polar surface area (TPSA) is 71.3 Å². The molecule has 0 radical (unpaired) electrons. The number of nitrogens with zero attached hydrogens (tertiary/aromatic N) is 1. The number of ether oxygens (including phenoxy) is 2. The summed E-state index contributed by atoms with van der Waals surface area (Å²) in [6.45, 7) is 1.88. The molecular weight excluding hydrogens is 328 g/mol. The number of carbonyl (C=O) groups excluding carboxylic acids is 1. The van der Waals surface area contributed by atoms with Gasteiger partial charge in [0.05, 0.1) is 7.11 Å². The molecule has 0 fully saturated rings. The summed E-state index contributed by atoms with van der Waals surface area (Å²) in [6, 6.07) is 16.5. The van der Waals surface area contributed by atoms with Gasteiger partial charge in [0.15, 0.2) is 0 Å². The van der Waals surface area contributed by atoms with Gasteiger partial charge in [-0.05, 0) is 55.0 Å². The van der Waals surface area contributed by atoms with Crippen LogP contribution in [0, 0.1) is 11.3 Å². The molecule has 0 saturated carbocycles. The Morgan fingerprint density at radius 2 is 1.96 bits per heavy atom. The summed E-state index contributed by atoms with van der Waals surface area (Å²) in [5.74, 6) is 1.01. The molecule has 26 heavy (non-hydrogen) atoms. The predicted molar refractivity (Wildman–Crippen MR) is 99.8 cm³/mol. The third-order valence-corrected chi connectivity index (χ3v) is 4.04. The van der Waals surface area contributed by atoms with Gasteiger partial charge in [0.2, 0.25) is 0 Å². The van der Waals surface area contributed by atoms with E-state index in [0.29, 0.717) is 11.4 Å². The zero-order chi connectivity index (χ0) is 18.5. The fourth-order valence-electron chi connectivity index (χ4n) is 2.61. The number of amides is 1. The summed E-state index contributed by atoms with van der Waals surface area (Å²) in [4.78, 5) is 12.4. The first-order valence-electron chi connectivity index (χ1n) is 8.15. The molecule has 1 heterocycles. The maximum absolute atomic E-state index is 12.4. The number of anilines is 1. The smallest absolute Gasteiger partial charge is 0.266 e. The van der Waals surface area contributed by atoms with Crippen molar-refractivity contribution in [3.05, 3.63) is 71.3 Å². The summed E-state index contributed by atoms with van der Waals surface area (Å²) in [5.41, 5.74) is 2.29. The molecule has 5 heteroatoms. The largest absolute Gasteiger partial charge is 0.497 e. The minimum Gasteiger partial charge on any atom is -0.497 e. The zero-order valence-corrected chi connectivity index (χ0v) is 14.5. The molecule has 1 amide bonds. The summed E-state index contributed by atoms with van der Waals surface area (Å²) in [6.07, 6.45) is 3.25. The molecule has 1 unspecified atom stereocenters. The first-order valence-corrected chi connectivity index (χ1v) is 8.15. The van der Waals surface area contributed by atoms with Crippen LogP contribution in [0.15, 0.2) is 65.8 Å². The van der Waals surface area contributed by atoms with Gasteiger partial charge in [-0.2, -0.15) is 5.26 Å². The van der Waals surface area contributed by atoms with Crippen molar-refractivity contribution in [3.8, 4) is 17.6 Å². The standard InChI is InChI=1S/C21H18N2O3/c1-14-16(11-15-5-3-4-6-20(15)26-14)12-17(13-22)21(24)23-18-7-9-19(25-2)10-8-18/h3-12,14H,1-2H3,(H,23,24). The molecule has 1 aliphatic rings. The highest BCUT2D eigenvalue weighted by Crippen LogP contribution is 2.30. The van der Waals surface area contributed by atoms with Crippen molar-refractivity contribution in [2.75, 3.05) is 12.4 Å². The van der Waals surface area contributed by atoms with Crippen LogP contribution in [0.2, 0.25) is 0 Å². The van der Waals surface area contributed by atoms with Gasteiger partial charge in [-0.15, -0.1) is 0 Å². The van der Waals surface area contributed by atoms with Crippen LogP contribution in [0.1, 0.15) is 12.5 Å². The molecule has 0 bridgehead atoms. The molecule has 0 aromatic heterocycles. The van der Waals surface area contributed by atoms with E-state index in [4.69, 9.17) is 9.47 Å². The normalized spacial score (nSPS) is 15.8. The zero-order valence-electron chi connectivity index (χ0n) is 14.5. The maximum atomic E-state index is 12.4. The average molecular weight is 346 g/mol. The molecule has 5 nitrogen and oxygen atoms in total. The number of hydrogen-bond donors (Lipinski definition) is 1. The van der Waals surface area contributed by atoms with Gasteiger partial charge in [-0.25, -0.2) is 0 Å². The van der Waals surface area contributed by atoms with Crippen LogP contribution in [0.4, 0.5) is 5.69 Å². The first-order chi connectivity index (χ1) is 12.6. The van der Waals surface area contributed by atoms with E-state index in [0.717, 1.165) is 16.9 Å². The molecule has 0 spiro atoms. The van der Waals surface area contributed by atoms with E-state index in [1.807, 2.05) is 43.3 Å². The number of hydrogen-bond acceptors (Lipinski definition) is 4. The van der Waals surface area contributed by atoms with E-state index in [-0.39, 0.29) is 11.7 Å². The Balaban J connectivity index is 1.82. The SMILES string of the molecule is COc1ccc(NC(=O)C(C#N)=CC2=Cc3ccccc3OC2C)cc1. The van der Waals surface area contributed by atoms with Crippen molar-refractivity contribution in [1.82, 2.24) is 0 Å². The second-order valence-electron chi connectivity index (χ2n) is 5.79. The summed E-state index contributed by atoms with van der Waals surface area (Å²) < 4.78 is 10.9. The molecular formula is C21H18N2O3. The molecule has 1 aliphatic heterocycles. The van der Waals surface area contributed by atoms with Gasteiger partial charge < -0.3 is 14.8 Å². The third kappa shape index (κ3) is 3.76. The number of nitriles is 1. The quantitative estimate of drug-likeness (QED) is 0.672. The molecule has 0 aliphatic carbocycles. The number of fused-ring (bicyclic) bond motifs is 1. The van der Waals surface area contributed by atoms with Crippen LogP contribution in [0.5, 0.6) is 11.5 Å². The minimum absolute atomic E-state index is 0.0156. The van der Waals surface area contributed by atoms with Gasteiger partial charge in [-0.3, -0.25) is 4.79 Å². The lowest BCUT2D eigenvalue weighted by molar-refractivity contribution is -0.112. The van der Waals surface area contributed by atoms with E-state index in [2.05, 4.69) is 5.32 Å². The average Bonchev–Trinajstić information content (AvgIpc) is 2.66. The second-order valence-corrected chi connectivity index (χ2v) is 5.79. The van der Waals surface area contributed by atoms with Crippen LogP contribution in [-0.4, -0.2) is 19.1 Å². The Morgan fingerprint density at radius 1 is 1.23 bits per heavy atom. The first kappa shape index (κ1) is 17.3. The van der Waals surface area contributed by atoms with E-state index in [1.165, 1.54) is 0 Å².